The summed E-state index contributed by atoms with van der Waals surface area (Å²) < 4.78 is 0. The van der Waals surface area contributed by atoms with Gasteiger partial charge in [0.05, 0.1) is 5.41 Å². The molecular formula is C44H50N4O3. The van der Waals surface area contributed by atoms with Gasteiger partial charge in [-0.1, -0.05) is 128 Å². The third kappa shape index (κ3) is 7.50. The van der Waals surface area contributed by atoms with Crippen LogP contribution in [-0.2, 0) is 26.3 Å². The van der Waals surface area contributed by atoms with Crippen LogP contribution in [-0.4, -0.2) is 76.7 Å². The van der Waals surface area contributed by atoms with E-state index in [4.69, 9.17) is 0 Å². The van der Waals surface area contributed by atoms with Crippen molar-refractivity contribution in [3.8, 4) is 0 Å². The second-order valence-corrected chi connectivity index (χ2v) is 14.5. The van der Waals surface area contributed by atoms with Crippen LogP contribution in [0.3, 0.4) is 0 Å². The quantitative estimate of drug-likeness (QED) is 0.182. The van der Waals surface area contributed by atoms with Crippen molar-refractivity contribution in [2.45, 2.75) is 81.5 Å². The van der Waals surface area contributed by atoms with Gasteiger partial charge >= 0.3 is 0 Å². The van der Waals surface area contributed by atoms with Gasteiger partial charge in [0, 0.05) is 38.6 Å². The van der Waals surface area contributed by atoms with E-state index in [0.29, 0.717) is 32.5 Å². The molecule has 4 aromatic carbocycles. The molecule has 7 rings (SSSR count). The summed E-state index contributed by atoms with van der Waals surface area (Å²) in [6, 6.07) is 40.5. The van der Waals surface area contributed by atoms with E-state index in [9.17, 15) is 14.4 Å². The maximum Gasteiger partial charge on any atom is 0.246 e. The average Bonchev–Trinajstić information content (AvgIpc) is 3.89. The number of piperidine rings is 1. The second kappa shape index (κ2) is 16.1. The molecule has 1 N–H and O–H groups in total. The SMILES string of the molecule is O=C(NCC1CCCCN1Cc1ccccc1)C1CCCN1C(=O)[C@@H]1CCCN1C(=O)CC(c1ccccc1)(c1ccccc1)c1ccccc1. The minimum Gasteiger partial charge on any atom is -0.353 e. The van der Waals surface area contributed by atoms with E-state index in [2.05, 4.69) is 70.9 Å². The van der Waals surface area contributed by atoms with Crippen molar-refractivity contribution in [3.63, 3.8) is 0 Å². The Hall–Kier alpha value is -4.75. The summed E-state index contributed by atoms with van der Waals surface area (Å²) in [6.45, 7) is 3.56. The first-order valence-electron chi connectivity index (χ1n) is 18.9. The molecule has 3 aliphatic rings. The summed E-state index contributed by atoms with van der Waals surface area (Å²) in [5.41, 5.74) is 3.66. The summed E-state index contributed by atoms with van der Waals surface area (Å²) in [7, 11) is 0. The topological polar surface area (TPSA) is 73.0 Å². The van der Waals surface area contributed by atoms with Gasteiger partial charge in [-0.2, -0.15) is 0 Å². The van der Waals surface area contributed by atoms with Gasteiger partial charge in [-0.05, 0) is 67.3 Å². The van der Waals surface area contributed by atoms with Crippen LogP contribution >= 0.6 is 0 Å². The van der Waals surface area contributed by atoms with Crippen LogP contribution < -0.4 is 5.32 Å². The second-order valence-electron chi connectivity index (χ2n) is 14.5. The van der Waals surface area contributed by atoms with Crippen molar-refractivity contribution < 1.29 is 14.4 Å². The molecule has 7 nitrogen and oxygen atoms in total. The van der Waals surface area contributed by atoms with Crippen molar-refractivity contribution in [2.24, 2.45) is 0 Å². The maximum atomic E-state index is 14.6. The van der Waals surface area contributed by atoms with Gasteiger partial charge in [-0.3, -0.25) is 19.3 Å². The molecule has 264 valence electrons. The highest BCUT2D eigenvalue weighted by Gasteiger charge is 2.45. The lowest BCUT2D eigenvalue weighted by atomic mass is 9.67. The number of hydrogen-bond acceptors (Lipinski definition) is 4. The molecule has 3 amide bonds. The van der Waals surface area contributed by atoms with Crippen LogP contribution in [0.2, 0.25) is 0 Å². The number of nitrogens with one attached hydrogen (secondary N) is 1. The number of rotatable bonds is 11. The van der Waals surface area contributed by atoms with E-state index in [1.165, 1.54) is 12.0 Å². The maximum absolute atomic E-state index is 14.6. The third-order valence-corrected chi connectivity index (χ3v) is 11.4. The lowest BCUT2D eigenvalue weighted by Crippen LogP contribution is -2.54. The predicted molar refractivity (Wildman–Crippen MR) is 201 cm³/mol. The van der Waals surface area contributed by atoms with Crippen LogP contribution in [0, 0.1) is 0 Å². The first-order chi connectivity index (χ1) is 25.0. The van der Waals surface area contributed by atoms with Gasteiger partial charge in [-0.25, -0.2) is 0 Å². The number of carbonyl (C=O) groups is 3. The number of benzene rings is 4. The molecule has 4 aromatic rings. The Labute approximate surface area is 302 Å². The Bertz CT molecular complexity index is 1650. The lowest BCUT2D eigenvalue weighted by Gasteiger charge is -2.38. The van der Waals surface area contributed by atoms with Gasteiger partial charge in [0.15, 0.2) is 0 Å². The minimum atomic E-state index is -0.735. The van der Waals surface area contributed by atoms with Crippen molar-refractivity contribution >= 4 is 17.7 Å². The monoisotopic (exact) mass is 682 g/mol. The van der Waals surface area contributed by atoms with E-state index < -0.39 is 17.5 Å². The molecule has 3 fully saturated rings. The third-order valence-electron chi connectivity index (χ3n) is 11.4. The molecule has 3 heterocycles. The molecule has 0 aliphatic carbocycles. The zero-order valence-electron chi connectivity index (χ0n) is 29.5. The number of nitrogens with zero attached hydrogens (tertiary/aromatic N) is 3. The highest BCUT2D eigenvalue weighted by molar-refractivity contribution is 5.93. The number of carbonyl (C=O) groups excluding carboxylic acids is 3. The van der Waals surface area contributed by atoms with E-state index in [0.717, 1.165) is 55.5 Å². The molecule has 51 heavy (non-hydrogen) atoms. The van der Waals surface area contributed by atoms with Crippen molar-refractivity contribution in [3.05, 3.63) is 144 Å². The van der Waals surface area contributed by atoms with Crippen LogP contribution in [0.4, 0.5) is 0 Å². The van der Waals surface area contributed by atoms with Gasteiger partial charge in [0.1, 0.15) is 12.1 Å². The fraction of sp³-hybridized carbons (Fsp3) is 0.386. The van der Waals surface area contributed by atoms with E-state index >= 15 is 0 Å². The smallest absolute Gasteiger partial charge is 0.246 e. The largest absolute Gasteiger partial charge is 0.353 e. The summed E-state index contributed by atoms with van der Waals surface area (Å²) >= 11 is 0. The molecule has 0 radical (unpaired) electrons. The molecule has 0 aromatic heterocycles. The Kier molecular flexibility index (Phi) is 10.9. The molecule has 0 spiro atoms. The normalized spacial score (nSPS) is 21.1. The van der Waals surface area contributed by atoms with E-state index in [1.807, 2.05) is 65.6 Å². The predicted octanol–water partition coefficient (Wildman–Crippen LogP) is 6.56. The molecule has 3 atom stereocenters. The fourth-order valence-corrected chi connectivity index (χ4v) is 8.77. The fourth-order valence-electron chi connectivity index (χ4n) is 8.77. The molecule has 3 saturated heterocycles. The summed E-state index contributed by atoms with van der Waals surface area (Å²) in [6.07, 6.45) is 6.38. The average molecular weight is 683 g/mol. The van der Waals surface area contributed by atoms with Crippen LogP contribution in [0.5, 0.6) is 0 Å². The van der Waals surface area contributed by atoms with Crippen molar-refractivity contribution in [2.75, 3.05) is 26.2 Å². The first kappa shape index (κ1) is 34.7. The van der Waals surface area contributed by atoms with Crippen LogP contribution in [0.15, 0.2) is 121 Å². The number of hydrogen-bond donors (Lipinski definition) is 1. The molecule has 2 unspecified atom stereocenters. The molecule has 3 aliphatic heterocycles. The Balaban J connectivity index is 1.07. The zero-order valence-corrected chi connectivity index (χ0v) is 29.5. The van der Waals surface area contributed by atoms with Gasteiger partial charge in [-0.15, -0.1) is 0 Å². The van der Waals surface area contributed by atoms with Gasteiger partial charge in [0.25, 0.3) is 0 Å². The Morgan fingerprint density at radius 1 is 0.588 bits per heavy atom. The molecule has 0 saturated carbocycles. The van der Waals surface area contributed by atoms with Crippen molar-refractivity contribution in [1.29, 1.82) is 0 Å². The van der Waals surface area contributed by atoms with Crippen LogP contribution in [0.25, 0.3) is 0 Å². The zero-order chi connectivity index (χ0) is 35.0. The van der Waals surface area contributed by atoms with Gasteiger partial charge < -0.3 is 15.1 Å². The Morgan fingerprint density at radius 2 is 1.12 bits per heavy atom. The highest BCUT2D eigenvalue weighted by Crippen LogP contribution is 2.43. The van der Waals surface area contributed by atoms with Crippen molar-refractivity contribution in [1.82, 2.24) is 20.0 Å². The molecular weight excluding hydrogens is 633 g/mol. The summed E-state index contributed by atoms with van der Waals surface area (Å²) in [5, 5.41) is 3.25. The first-order valence-corrected chi connectivity index (χ1v) is 18.9. The standard InChI is InChI=1S/C44H50N4O3/c49-41(31-44(35-19-7-2-8-20-35,36-21-9-3-10-22-36)37-23-11-4-12-24-37)47-29-16-27-40(47)43(51)48-30-15-26-39(48)42(50)45-32-38-25-13-14-28-46(38)33-34-17-5-1-6-18-34/h1-12,17-24,38-40H,13-16,25-33H2,(H,45,50)/t38?,39?,40-/m0/s1. The van der Waals surface area contributed by atoms with Gasteiger partial charge in [0.2, 0.25) is 17.7 Å². The Morgan fingerprint density at radius 3 is 1.71 bits per heavy atom. The number of amides is 3. The molecule has 0 bridgehead atoms. The van der Waals surface area contributed by atoms with Crippen LogP contribution in [0.1, 0.15) is 73.6 Å². The lowest BCUT2D eigenvalue weighted by molar-refractivity contribution is -0.147. The summed E-state index contributed by atoms with van der Waals surface area (Å²) in [4.78, 5) is 48.8. The van der Waals surface area contributed by atoms with E-state index in [1.54, 1.807) is 4.90 Å². The minimum absolute atomic E-state index is 0.0431. The summed E-state index contributed by atoms with van der Waals surface area (Å²) in [5.74, 6) is -0.205. The number of likely N-dealkylation sites (tertiary alicyclic amines) is 3. The van der Waals surface area contributed by atoms with E-state index in [-0.39, 0.29) is 30.2 Å². The highest BCUT2D eigenvalue weighted by atomic mass is 16.2. The molecule has 7 heteroatoms.